The van der Waals surface area contributed by atoms with Gasteiger partial charge in [-0.2, -0.15) is 0 Å². The molecule has 2 aliphatic rings. The number of esters is 1. The number of hydrogen-bond donors (Lipinski definition) is 0. The van der Waals surface area contributed by atoms with Crippen molar-refractivity contribution >= 4 is 11.9 Å². The Balaban J connectivity index is 1.74. The van der Waals surface area contributed by atoms with E-state index < -0.39 is 0 Å². The van der Waals surface area contributed by atoms with Crippen LogP contribution in [-0.4, -0.2) is 35.5 Å². The van der Waals surface area contributed by atoms with Crippen LogP contribution < -0.4 is 0 Å². The number of carbonyl (C=O) groups is 2. The second kappa shape index (κ2) is 7.09. The fraction of sp³-hybridized carbons (Fsp3) is 0.875. The van der Waals surface area contributed by atoms with Gasteiger partial charge >= 0.3 is 5.97 Å². The van der Waals surface area contributed by atoms with E-state index in [0.29, 0.717) is 12.3 Å². The maximum absolute atomic E-state index is 12.2. The standard InChI is InChI=1S/C16H27NO3/c1-12-6-5-7-13(2)17(12)15(18)11-20-16(19)10-14-8-3-4-9-14/h12-14H,3-11H2,1-2H3/t12-,13-/m0/s1. The molecular formula is C16H27NO3. The lowest BCUT2D eigenvalue weighted by Gasteiger charge is -2.38. The highest BCUT2D eigenvalue weighted by Gasteiger charge is 2.29. The van der Waals surface area contributed by atoms with Crippen LogP contribution in [0, 0.1) is 5.92 Å². The normalized spacial score (nSPS) is 27.6. The molecule has 0 aromatic rings. The summed E-state index contributed by atoms with van der Waals surface area (Å²) >= 11 is 0. The Morgan fingerprint density at radius 2 is 1.60 bits per heavy atom. The van der Waals surface area contributed by atoms with Crippen molar-refractivity contribution < 1.29 is 14.3 Å². The molecule has 20 heavy (non-hydrogen) atoms. The summed E-state index contributed by atoms with van der Waals surface area (Å²) in [6.45, 7) is 4.07. The van der Waals surface area contributed by atoms with Crippen molar-refractivity contribution in [3.63, 3.8) is 0 Å². The molecule has 0 spiro atoms. The SMILES string of the molecule is C[C@H]1CCC[C@H](C)N1C(=O)COC(=O)CC1CCCC1. The molecular weight excluding hydrogens is 254 g/mol. The molecule has 4 heteroatoms. The van der Waals surface area contributed by atoms with Gasteiger partial charge in [-0.15, -0.1) is 0 Å². The molecule has 4 nitrogen and oxygen atoms in total. The second-order valence-electron chi connectivity index (χ2n) is 6.45. The van der Waals surface area contributed by atoms with E-state index in [2.05, 4.69) is 13.8 Å². The molecule has 1 saturated heterocycles. The van der Waals surface area contributed by atoms with E-state index in [-0.39, 0.29) is 30.6 Å². The summed E-state index contributed by atoms with van der Waals surface area (Å²) in [5.41, 5.74) is 0. The van der Waals surface area contributed by atoms with Crippen molar-refractivity contribution in [3.05, 3.63) is 0 Å². The first-order valence-electron chi connectivity index (χ1n) is 8.04. The first kappa shape index (κ1) is 15.3. The maximum Gasteiger partial charge on any atom is 0.306 e. The van der Waals surface area contributed by atoms with Crippen LogP contribution in [0.15, 0.2) is 0 Å². The number of carbonyl (C=O) groups excluding carboxylic acids is 2. The van der Waals surface area contributed by atoms with Gasteiger partial charge in [-0.25, -0.2) is 0 Å². The van der Waals surface area contributed by atoms with Gasteiger partial charge < -0.3 is 9.64 Å². The van der Waals surface area contributed by atoms with Crippen LogP contribution in [0.5, 0.6) is 0 Å². The van der Waals surface area contributed by atoms with Gasteiger partial charge in [0.25, 0.3) is 5.91 Å². The minimum absolute atomic E-state index is 0.0375. The van der Waals surface area contributed by atoms with Gasteiger partial charge in [0, 0.05) is 18.5 Å². The highest BCUT2D eigenvalue weighted by molar-refractivity contribution is 5.81. The van der Waals surface area contributed by atoms with E-state index in [1.807, 2.05) is 4.90 Å². The lowest BCUT2D eigenvalue weighted by atomic mass is 9.97. The third-order valence-corrected chi connectivity index (χ3v) is 4.77. The molecule has 0 aromatic heterocycles. The van der Waals surface area contributed by atoms with E-state index in [4.69, 9.17) is 4.74 Å². The fourth-order valence-corrected chi connectivity index (χ4v) is 3.64. The Morgan fingerprint density at radius 1 is 1.00 bits per heavy atom. The van der Waals surface area contributed by atoms with Crippen LogP contribution in [0.4, 0.5) is 0 Å². The molecule has 1 aliphatic carbocycles. The van der Waals surface area contributed by atoms with Crippen LogP contribution in [-0.2, 0) is 14.3 Å². The predicted octanol–water partition coefficient (Wildman–Crippen LogP) is 2.90. The lowest BCUT2D eigenvalue weighted by molar-refractivity contribution is -0.155. The highest BCUT2D eigenvalue weighted by Crippen LogP contribution is 2.28. The number of nitrogens with zero attached hydrogens (tertiary/aromatic N) is 1. The molecule has 2 fully saturated rings. The van der Waals surface area contributed by atoms with Crippen molar-refractivity contribution in [3.8, 4) is 0 Å². The van der Waals surface area contributed by atoms with Gasteiger partial charge in [-0.3, -0.25) is 9.59 Å². The Kier molecular flexibility index (Phi) is 5.44. The van der Waals surface area contributed by atoms with Gasteiger partial charge in [0.2, 0.25) is 0 Å². The molecule has 0 radical (unpaired) electrons. The van der Waals surface area contributed by atoms with E-state index in [9.17, 15) is 9.59 Å². The summed E-state index contributed by atoms with van der Waals surface area (Å²) in [5, 5.41) is 0. The zero-order chi connectivity index (χ0) is 14.5. The van der Waals surface area contributed by atoms with Crippen LogP contribution >= 0.6 is 0 Å². The highest BCUT2D eigenvalue weighted by atomic mass is 16.5. The first-order chi connectivity index (χ1) is 9.58. The Hall–Kier alpha value is -1.06. The van der Waals surface area contributed by atoms with Crippen molar-refractivity contribution in [2.75, 3.05) is 6.61 Å². The van der Waals surface area contributed by atoms with Crippen LogP contribution in [0.2, 0.25) is 0 Å². The summed E-state index contributed by atoms with van der Waals surface area (Å²) in [4.78, 5) is 25.9. The van der Waals surface area contributed by atoms with Crippen LogP contribution in [0.25, 0.3) is 0 Å². The monoisotopic (exact) mass is 281 g/mol. The van der Waals surface area contributed by atoms with Crippen molar-refractivity contribution in [2.24, 2.45) is 5.92 Å². The average Bonchev–Trinajstić information content (AvgIpc) is 2.89. The zero-order valence-electron chi connectivity index (χ0n) is 12.8. The summed E-state index contributed by atoms with van der Waals surface area (Å²) in [5.74, 6) is 0.234. The maximum atomic E-state index is 12.2. The van der Waals surface area contributed by atoms with Crippen molar-refractivity contribution in [1.29, 1.82) is 0 Å². The number of hydrogen-bond acceptors (Lipinski definition) is 3. The molecule has 0 aromatic carbocycles. The van der Waals surface area contributed by atoms with Crippen LogP contribution in [0.1, 0.15) is 65.2 Å². The van der Waals surface area contributed by atoms with Gasteiger partial charge in [0.05, 0.1) is 0 Å². The molecule has 1 amide bonds. The zero-order valence-corrected chi connectivity index (χ0v) is 12.8. The third-order valence-electron chi connectivity index (χ3n) is 4.77. The summed E-state index contributed by atoms with van der Waals surface area (Å²) in [7, 11) is 0. The Morgan fingerprint density at radius 3 is 2.20 bits per heavy atom. The molecule has 114 valence electrons. The molecule has 1 aliphatic heterocycles. The minimum Gasteiger partial charge on any atom is -0.456 e. The van der Waals surface area contributed by atoms with Gasteiger partial charge in [0.1, 0.15) is 0 Å². The fourth-order valence-electron chi connectivity index (χ4n) is 3.64. The van der Waals surface area contributed by atoms with Crippen molar-refractivity contribution in [2.45, 2.75) is 77.3 Å². The summed E-state index contributed by atoms with van der Waals surface area (Å²) < 4.78 is 5.19. The van der Waals surface area contributed by atoms with E-state index in [1.54, 1.807) is 0 Å². The molecule has 0 bridgehead atoms. The van der Waals surface area contributed by atoms with E-state index in [1.165, 1.54) is 19.3 Å². The molecule has 0 N–H and O–H groups in total. The number of rotatable bonds is 4. The number of likely N-dealkylation sites (tertiary alicyclic amines) is 1. The van der Waals surface area contributed by atoms with Crippen molar-refractivity contribution in [1.82, 2.24) is 4.90 Å². The lowest BCUT2D eigenvalue weighted by Crippen LogP contribution is -2.49. The second-order valence-corrected chi connectivity index (χ2v) is 6.45. The summed E-state index contributed by atoms with van der Waals surface area (Å²) in [6, 6.07) is 0.527. The Bertz CT molecular complexity index is 340. The average molecular weight is 281 g/mol. The molecule has 0 unspecified atom stereocenters. The molecule has 2 atom stereocenters. The van der Waals surface area contributed by atoms with Gasteiger partial charge in [-0.05, 0) is 51.9 Å². The van der Waals surface area contributed by atoms with E-state index in [0.717, 1.165) is 25.7 Å². The number of piperidine rings is 1. The quantitative estimate of drug-likeness (QED) is 0.744. The predicted molar refractivity (Wildman–Crippen MR) is 77.2 cm³/mol. The van der Waals surface area contributed by atoms with Crippen LogP contribution in [0.3, 0.4) is 0 Å². The number of ether oxygens (including phenoxy) is 1. The van der Waals surface area contributed by atoms with Gasteiger partial charge in [-0.1, -0.05) is 12.8 Å². The summed E-state index contributed by atoms with van der Waals surface area (Å²) in [6.07, 6.45) is 8.45. The molecule has 2 rings (SSSR count). The first-order valence-corrected chi connectivity index (χ1v) is 8.04. The minimum atomic E-state index is -0.206. The Labute approximate surface area is 121 Å². The molecule has 1 heterocycles. The smallest absolute Gasteiger partial charge is 0.306 e. The van der Waals surface area contributed by atoms with Gasteiger partial charge in [0.15, 0.2) is 6.61 Å². The molecule has 1 saturated carbocycles. The largest absolute Gasteiger partial charge is 0.456 e. The topological polar surface area (TPSA) is 46.6 Å². The number of amides is 1. The van der Waals surface area contributed by atoms with E-state index >= 15 is 0 Å². The third kappa shape index (κ3) is 3.97.